The molecule has 0 saturated heterocycles. The Morgan fingerprint density at radius 3 is 2.69 bits per heavy atom. The number of amides is 1. The molecular weight excluding hydrogens is 184 g/mol. The summed E-state index contributed by atoms with van der Waals surface area (Å²) in [6.45, 7) is 4.27. The first-order valence-corrected chi connectivity index (χ1v) is 5.58. The van der Waals surface area contributed by atoms with Crippen LogP contribution in [0.25, 0.3) is 0 Å². The normalized spacial score (nSPS) is 10.6. The van der Waals surface area contributed by atoms with Crippen LogP contribution in [0.2, 0.25) is 0 Å². The summed E-state index contributed by atoms with van der Waals surface area (Å²) in [4.78, 5) is 11.5. The van der Waals surface area contributed by atoms with Crippen molar-refractivity contribution >= 4 is 17.7 Å². The summed E-state index contributed by atoms with van der Waals surface area (Å²) in [7, 11) is 0. The highest BCUT2D eigenvalue weighted by Crippen LogP contribution is 2.20. The average Bonchev–Trinajstić information content (AvgIpc) is 2.04. The van der Waals surface area contributed by atoms with Crippen LogP contribution in [0.3, 0.4) is 0 Å². The fraction of sp³-hybridized carbons (Fsp3) is 0.778. The number of nitriles is 1. The molecule has 74 valence electrons. The molecule has 13 heavy (non-hydrogen) atoms. The molecule has 1 N–H and O–H groups in total. The van der Waals surface area contributed by atoms with Gasteiger partial charge in [0.15, 0.2) is 0 Å². The molecule has 0 aromatic rings. The van der Waals surface area contributed by atoms with E-state index in [0.29, 0.717) is 13.0 Å². The van der Waals surface area contributed by atoms with E-state index in [1.807, 2.05) is 26.2 Å². The second-order valence-electron chi connectivity index (χ2n) is 3.48. The van der Waals surface area contributed by atoms with Gasteiger partial charge in [0.05, 0.1) is 17.9 Å². The largest absolute Gasteiger partial charge is 0.355 e. The zero-order valence-corrected chi connectivity index (χ0v) is 9.20. The third kappa shape index (κ3) is 4.79. The second-order valence-corrected chi connectivity index (χ2v) is 4.35. The average molecular weight is 200 g/mol. The molecule has 0 unspecified atom stereocenters. The van der Waals surface area contributed by atoms with Crippen molar-refractivity contribution in [2.75, 3.05) is 18.6 Å². The fourth-order valence-electron chi connectivity index (χ4n) is 0.898. The Labute approximate surface area is 83.9 Å². The smallest absolute Gasteiger partial charge is 0.226 e. The lowest BCUT2D eigenvalue weighted by Gasteiger charge is -2.21. The maximum absolute atomic E-state index is 11.5. The standard InChI is InChI=1S/C9H16N2OS/c1-9(2,7-13-3)8(12)11-6-4-5-10/h4,6-7H2,1-3H3,(H,11,12). The second kappa shape index (κ2) is 5.87. The van der Waals surface area contributed by atoms with Crippen LogP contribution < -0.4 is 5.32 Å². The molecule has 0 aliphatic rings. The van der Waals surface area contributed by atoms with Crippen LogP contribution in [-0.2, 0) is 4.79 Å². The van der Waals surface area contributed by atoms with E-state index >= 15 is 0 Å². The predicted molar refractivity (Wildman–Crippen MR) is 55.4 cm³/mol. The van der Waals surface area contributed by atoms with Gasteiger partial charge in [-0.2, -0.15) is 17.0 Å². The fourth-order valence-corrected chi connectivity index (χ4v) is 1.75. The van der Waals surface area contributed by atoms with Crippen LogP contribution in [0.15, 0.2) is 0 Å². The Bertz CT molecular complexity index is 208. The first-order valence-electron chi connectivity index (χ1n) is 4.19. The van der Waals surface area contributed by atoms with Crippen molar-refractivity contribution in [3.05, 3.63) is 0 Å². The van der Waals surface area contributed by atoms with E-state index in [9.17, 15) is 4.79 Å². The molecule has 4 heteroatoms. The van der Waals surface area contributed by atoms with Gasteiger partial charge < -0.3 is 5.32 Å². The Kier molecular flexibility index (Phi) is 5.56. The Hall–Kier alpha value is -0.690. The van der Waals surface area contributed by atoms with Gasteiger partial charge in [-0.1, -0.05) is 13.8 Å². The lowest BCUT2D eigenvalue weighted by atomic mass is 9.95. The third-order valence-electron chi connectivity index (χ3n) is 1.64. The molecule has 0 aliphatic heterocycles. The predicted octanol–water partition coefficient (Wildman–Crippen LogP) is 1.41. The van der Waals surface area contributed by atoms with Crippen molar-refractivity contribution in [3.63, 3.8) is 0 Å². The van der Waals surface area contributed by atoms with E-state index in [4.69, 9.17) is 5.26 Å². The minimum Gasteiger partial charge on any atom is -0.355 e. The molecule has 0 spiro atoms. The van der Waals surface area contributed by atoms with Crippen LogP contribution in [0.5, 0.6) is 0 Å². The van der Waals surface area contributed by atoms with Crippen LogP contribution in [0.4, 0.5) is 0 Å². The van der Waals surface area contributed by atoms with Crippen molar-refractivity contribution in [1.29, 1.82) is 5.26 Å². The number of hydrogen-bond donors (Lipinski definition) is 1. The summed E-state index contributed by atoms with van der Waals surface area (Å²) >= 11 is 1.65. The highest BCUT2D eigenvalue weighted by atomic mass is 32.2. The molecule has 0 atom stereocenters. The Morgan fingerprint density at radius 1 is 1.62 bits per heavy atom. The molecule has 0 aromatic heterocycles. The highest BCUT2D eigenvalue weighted by Gasteiger charge is 2.26. The maximum atomic E-state index is 11.5. The van der Waals surface area contributed by atoms with E-state index in [0.717, 1.165) is 5.75 Å². The molecule has 1 amide bonds. The summed E-state index contributed by atoms with van der Waals surface area (Å²) in [5.74, 6) is 0.822. The number of thioether (sulfide) groups is 1. The van der Waals surface area contributed by atoms with Crippen molar-refractivity contribution in [2.45, 2.75) is 20.3 Å². The number of carbonyl (C=O) groups excluding carboxylic acids is 1. The van der Waals surface area contributed by atoms with Crippen molar-refractivity contribution in [1.82, 2.24) is 5.32 Å². The van der Waals surface area contributed by atoms with Gasteiger partial charge in [-0.25, -0.2) is 0 Å². The SMILES string of the molecule is CSCC(C)(C)C(=O)NCCC#N. The summed E-state index contributed by atoms with van der Waals surface area (Å²) in [5, 5.41) is 11.0. The summed E-state index contributed by atoms with van der Waals surface area (Å²) in [6, 6.07) is 1.99. The summed E-state index contributed by atoms with van der Waals surface area (Å²) < 4.78 is 0. The van der Waals surface area contributed by atoms with Gasteiger partial charge in [-0.05, 0) is 6.26 Å². The number of hydrogen-bond acceptors (Lipinski definition) is 3. The van der Waals surface area contributed by atoms with Crippen molar-refractivity contribution in [2.24, 2.45) is 5.41 Å². The number of nitrogens with one attached hydrogen (secondary N) is 1. The first kappa shape index (κ1) is 12.3. The molecular formula is C9H16N2OS. The zero-order valence-electron chi connectivity index (χ0n) is 8.39. The van der Waals surface area contributed by atoms with Gasteiger partial charge in [-0.3, -0.25) is 4.79 Å². The maximum Gasteiger partial charge on any atom is 0.226 e. The quantitative estimate of drug-likeness (QED) is 0.683. The molecule has 3 nitrogen and oxygen atoms in total. The van der Waals surface area contributed by atoms with Crippen LogP contribution in [-0.4, -0.2) is 24.5 Å². The lowest BCUT2D eigenvalue weighted by Crippen LogP contribution is -2.38. The molecule has 0 heterocycles. The van der Waals surface area contributed by atoms with Gasteiger partial charge in [0, 0.05) is 12.3 Å². The van der Waals surface area contributed by atoms with E-state index in [1.54, 1.807) is 11.8 Å². The first-order chi connectivity index (χ1) is 6.04. The van der Waals surface area contributed by atoms with Gasteiger partial charge in [0.25, 0.3) is 0 Å². The highest BCUT2D eigenvalue weighted by molar-refractivity contribution is 7.98. The van der Waals surface area contributed by atoms with E-state index < -0.39 is 0 Å². The zero-order chi connectivity index (χ0) is 10.3. The monoisotopic (exact) mass is 200 g/mol. The van der Waals surface area contributed by atoms with Gasteiger partial charge in [-0.15, -0.1) is 0 Å². The van der Waals surface area contributed by atoms with Crippen LogP contribution in [0.1, 0.15) is 20.3 Å². The van der Waals surface area contributed by atoms with E-state index in [-0.39, 0.29) is 11.3 Å². The van der Waals surface area contributed by atoms with Gasteiger partial charge in [0.2, 0.25) is 5.91 Å². The summed E-state index contributed by atoms with van der Waals surface area (Å²) in [6.07, 6.45) is 2.35. The Morgan fingerprint density at radius 2 is 2.23 bits per heavy atom. The van der Waals surface area contributed by atoms with Gasteiger partial charge >= 0.3 is 0 Å². The minimum atomic E-state index is -0.338. The van der Waals surface area contributed by atoms with E-state index in [2.05, 4.69) is 5.32 Å². The molecule has 0 saturated carbocycles. The lowest BCUT2D eigenvalue weighted by molar-refractivity contribution is -0.128. The molecule has 0 bridgehead atoms. The molecule has 0 rings (SSSR count). The topological polar surface area (TPSA) is 52.9 Å². The number of carbonyl (C=O) groups is 1. The molecule has 0 aliphatic carbocycles. The summed E-state index contributed by atoms with van der Waals surface area (Å²) in [5.41, 5.74) is -0.338. The molecule has 0 fully saturated rings. The van der Waals surface area contributed by atoms with Crippen LogP contribution in [0, 0.1) is 16.7 Å². The van der Waals surface area contributed by atoms with Crippen molar-refractivity contribution < 1.29 is 4.79 Å². The third-order valence-corrected chi connectivity index (χ3v) is 2.65. The Balaban J connectivity index is 3.88. The molecule has 0 radical (unpaired) electrons. The van der Waals surface area contributed by atoms with Gasteiger partial charge in [0.1, 0.15) is 0 Å². The number of nitrogens with zero attached hydrogens (tertiary/aromatic N) is 1. The minimum absolute atomic E-state index is 0.0251. The molecule has 0 aromatic carbocycles. The number of rotatable bonds is 5. The van der Waals surface area contributed by atoms with Crippen LogP contribution >= 0.6 is 11.8 Å². The van der Waals surface area contributed by atoms with Crippen molar-refractivity contribution in [3.8, 4) is 6.07 Å². The van der Waals surface area contributed by atoms with E-state index in [1.165, 1.54) is 0 Å².